The fourth-order valence-electron chi connectivity index (χ4n) is 1.57. The molecule has 0 amide bonds. The zero-order chi connectivity index (χ0) is 12.4. The highest BCUT2D eigenvalue weighted by Gasteiger charge is 2.14. The predicted molar refractivity (Wildman–Crippen MR) is 63.2 cm³/mol. The summed E-state index contributed by atoms with van der Waals surface area (Å²) in [6.45, 7) is 0. The van der Waals surface area contributed by atoms with Gasteiger partial charge in [-0.05, 0) is 17.7 Å². The summed E-state index contributed by atoms with van der Waals surface area (Å²) in [5.74, 6) is -1.05. The first kappa shape index (κ1) is 11.5. The molecule has 0 unspecified atom stereocenters. The topological polar surface area (TPSA) is 85.9 Å². The zero-order valence-corrected chi connectivity index (χ0v) is 9.41. The molecule has 5 nitrogen and oxygen atoms in total. The minimum Gasteiger partial charge on any atom is -0.481 e. The molecule has 0 saturated heterocycles. The average molecular weight is 253 g/mol. The molecule has 0 bridgehead atoms. The highest BCUT2D eigenvalue weighted by atomic mass is 35.5. The molecular weight excluding hydrogens is 244 g/mol. The number of benzene rings is 1. The number of aromatic amines is 2. The van der Waals surface area contributed by atoms with Gasteiger partial charge >= 0.3 is 5.97 Å². The van der Waals surface area contributed by atoms with Gasteiger partial charge in [-0.1, -0.05) is 23.7 Å². The number of rotatable bonds is 3. The second kappa shape index (κ2) is 4.47. The molecule has 0 spiro atoms. The maximum atomic E-state index is 11.4. The van der Waals surface area contributed by atoms with E-state index >= 15 is 0 Å². The molecule has 1 heterocycles. The Kier molecular flexibility index (Phi) is 3.01. The molecule has 1 aromatic carbocycles. The van der Waals surface area contributed by atoms with E-state index in [4.69, 9.17) is 16.7 Å². The van der Waals surface area contributed by atoms with E-state index in [1.165, 1.54) is 0 Å². The molecule has 0 aliphatic carbocycles. The quantitative estimate of drug-likeness (QED) is 0.776. The molecule has 0 radical (unpaired) electrons. The van der Waals surface area contributed by atoms with E-state index < -0.39 is 11.5 Å². The number of halogens is 1. The van der Waals surface area contributed by atoms with Gasteiger partial charge in [-0.25, -0.2) is 0 Å². The lowest BCUT2D eigenvalue weighted by Gasteiger charge is -2.00. The minimum absolute atomic E-state index is 0.208. The van der Waals surface area contributed by atoms with Gasteiger partial charge in [0, 0.05) is 5.02 Å². The Morgan fingerprint density at radius 3 is 2.47 bits per heavy atom. The Morgan fingerprint density at radius 1 is 1.24 bits per heavy atom. The van der Waals surface area contributed by atoms with Crippen molar-refractivity contribution in [2.24, 2.45) is 0 Å². The highest BCUT2D eigenvalue weighted by Crippen LogP contribution is 2.21. The first-order chi connectivity index (χ1) is 8.08. The van der Waals surface area contributed by atoms with Crippen LogP contribution in [0.15, 0.2) is 29.1 Å². The van der Waals surface area contributed by atoms with Crippen LogP contribution in [0.5, 0.6) is 0 Å². The Labute approximate surface area is 101 Å². The van der Waals surface area contributed by atoms with Crippen molar-refractivity contribution >= 4 is 17.6 Å². The van der Waals surface area contributed by atoms with Crippen LogP contribution in [0.25, 0.3) is 11.3 Å². The Balaban J connectivity index is 2.48. The van der Waals surface area contributed by atoms with E-state index in [0.717, 1.165) is 0 Å². The average Bonchev–Trinajstić information content (AvgIpc) is 2.61. The summed E-state index contributed by atoms with van der Waals surface area (Å²) in [6, 6.07) is 6.78. The molecule has 0 aliphatic heterocycles. The third-order valence-corrected chi connectivity index (χ3v) is 2.59. The van der Waals surface area contributed by atoms with Gasteiger partial charge < -0.3 is 5.11 Å². The first-order valence-corrected chi connectivity index (χ1v) is 5.23. The molecule has 0 saturated carbocycles. The maximum absolute atomic E-state index is 11.4. The zero-order valence-electron chi connectivity index (χ0n) is 8.66. The summed E-state index contributed by atoms with van der Waals surface area (Å²) in [4.78, 5) is 22.1. The third kappa shape index (κ3) is 2.39. The molecular formula is C11H9ClN2O3. The number of aromatic nitrogens is 2. The Morgan fingerprint density at radius 2 is 1.88 bits per heavy atom. The normalized spacial score (nSPS) is 10.4. The monoisotopic (exact) mass is 252 g/mol. The molecule has 17 heavy (non-hydrogen) atoms. The second-order valence-corrected chi connectivity index (χ2v) is 3.95. The number of carboxylic acids is 1. The number of H-pyrrole nitrogens is 2. The number of carboxylic acid groups (broad SMARTS) is 1. The second-order valence-electron chi connectivity index (χ2n) is 3.51. The Bertz CT molecular complexity index is 598. The molecule has 0 atom stereocenters. The van der Waals surface area contributed by atoms with Crippen molar-refractivity contribution < 1.29 is 9.90 Å². The number of nitrogens with one attached hydrogen (secondary N) is 2. The maximum Gasteiger partial charge on any atom is 0.308 e. The number of hydrogen-bond donors (Lipinski definition) is 3. The van der Waals surface area contributed by atoms with E-state index in [2.05, 4.69) is 10.2 Å². The molecule has 2 aromatic rings. The number of aliphatic carboxylic acids is 1. The summed E-state index contributed by atoms with van der Waals surface area (Å²) in [5, 5.41) is 14.4. The van der Waals surface area contributed by atoms with Crippen LogP contribution in [0, 0.1) is 0 Å². The van der Waals surface area contributed by atoms with Crippen LogP contribution < -0.4 is 5.56 Å². The number of carbonyl (C=O) groups is 1. The van der Waals surface area contributed by atoms with E-state index in [1.54, 1.807) is 24.3 Å². The van der Waals surface area contributed by atoms with Crippen molar-refractivity contribution in [3.8, 4) is 11.3 Å². The Hall–Kier alpha value is -2.01. The molecule has 6 heteroatoms. The van der Waals surface area contributed by atoms with E-state index in [1.807, 2.05) is 0 Å². The molecule has 0 fully saturated rings. The van der Waals surface area contributed by atoms with Gasteiger partial charge in [0.2, 0.25) is 0 Å². The SMILES string of the molecule is O=C(O)Cc1c(-c2ccc(Cl)cc2)[nH][nH]c1=O. The van der Waals surface area contributed by atoms with Gasteiger partial charge in [0.25, 0.3) is 5.56 Å². The summed E-state index contributed by atoms with van der Waals surface area (Å²) in [6.07, 6.45) is -0.323. The molecule has 3 N–H and O–H groups in total. The van der Waals surface area contributed by atoms with Crippen molar-refractivity contribution in [2.75, 3.05) is 0 Å². The van der Waals surface area contributed by atoms with Crippen molar-refractivity contribution in [3.63, 3.8) is 0 Å². The number of hydrogen-bond acceptors (Lipinski definition) is 2. The van der Waals surface area contributed by atoms with Crippen molar-refractivity contribution in [1.82, 2.24) is 10.2 Å². The largest absolute Gasteiger partial charge is 0.481 e. The van der Waals surface area contributed by atoms with Gasteiger partial charge in [-0.15, -0.1) is 0 Å². The van der Waals surface area contributed by atoms with Crippen LogP contribution in [0.3, 0.4) is 0 Å². The summed E-state index contributed by atoms with van der Waals surface area (Å²) < 4.78 is 0. The minimum atomic E-state index is -1.05. The van der Waals surface area contributed by atoms with E-state index in [9.17, 15) is 9.59 Å². The molecule has 88 valence electrons. The van der Waals surface area contributed by atoms with Crippen LogP contribution in [0.1, 0.15) is 5.56 Å². The van der Waals surface area contributed by atoms with Gasteiger partial charge in [-0.2, -0.15) is 0 Å². The van der Waals surface area contributed by atoms with Gasteiger partial charge in [0.15, 0.2) is 0 Å². The van der Waals surface area contributed by atoms with Crippen LogP contribution >= 0.6 is 11.6 Å². The van der Waals surface area contributed by atoms with E-state index in [-0.39, 0.29) is 12.0 Å². The van der Waals surface area contributed by atoms with E-state index in [0.29, 0.717) is 16.3 Å². The van der Waals surface area contributed by atoms with Crippen molar-refractivity contribution in [3.05, 3.63) is 45.2 Å². The fourth-order valence-corrected chi connectivity index (χ4v) is 1.69. The molecule has 1 aromatic heterocycles. The lowest BCUT2D eigenvalue weighted by Crippen LogP contribution is -2.11. The first-order valence-electron chi connectivity index (χ1n) is 4.85. The predicted octanol–water partition coefficient (Wildman–Crippen LogP) is 1.65. The van der Waals surface area contributed by atoms with Crippen molar-refractivity contribution in [1.29, 1.82) is 0 Å². The lowest BCUT2D eigenvalue weighted by molar-refractivity contribution is -0.136. The summed E-state index contributed by atoms with van der Waals surface area (Å²) in [5.41, 5.74) is 0.982. The fraction of sp³-hybridized carbons (Fsp3) is 0.0909. The smallest absolute Gasteiger partial charge is 0.308 e. The lowest BCUT2D eigenvalue weighted by atomic mass is 10.1. The summed E-state index contributed by atoms with van der Waals surface area (Å²) in [7, 11) is 0. The van der Waals surface area contributed by atoms with Crippen LogP contribution in [-0.2, 0) is 11.2 Å². The van der Waals surface area contributed by atoms with Gasteiger partial charge in [-0.3, -0.25) is 19.8 Å². The van der Waals surface area contributed by atoms with Crippen LogP contribution in [0.2, 0.25) is 5.02 Å². The molecule has 2 rings (SSSR count). The van der Waals surface area contributed by atoms with Crippen LogP contribution in [-0.4, -0.2) is 21.3 Å². The van der Waals surface area contributed by atoms with Crippen LogP contribution in [0.4, 0.5) is 0 Å². The highest BCUT2D eigenvalue weighted by molar-refractivity contribution is 6.30. The van der Waals surface area contributed by atoms with Crippen molar-refractivity contribution in [2.45, 2.75) is 6.42 Å². The summed E-state index contributed by atoms with van der Waals surface area (Å²) >= 11 is 5.75. The van der Waals surface area contributed by atoms with Gasteiger partial charge in [0.1, 0.15) is 0 Å². The molecule has 0 aliphatic rings. The van der Waals surface area contributed by atoms with Gasteiger partial charge in [0.05, 0.1) is 17.7 Å². The standard InChI is InChI=1S/C11H9ClN2O3/c12-7-3-1-6(2-4-7)10-8(5-9(15)16)11(17)14-13-10/h1-4H,5H2,(H,15,16)(H2,13,14,17). The third-order valence-electron chi connectivity index (χ3n) is 2.34.